The molecule has 15 heavy (non-hydrogen) atoms. The lowest BCUT2D eigenvalue weighted by Gasteiger charge is -1.96. The molecule has 0 aliphatic rings. The Balaban J connectivity index is 2.59. The maximum absolute atomic E-state index is 11.1. The lowest BCUT2D eigenvalue weighted by molar-refractivity contribution is 0.100. The topological polar surface area (TPSA) is 108 Å². The number of carbonyl (C=O) groups is 1. The Kier molecular flexibility index (Phi) is 2.09. The molecule has 0 bridgehead atoms. The van der Waals surface area contributed by atoms with E-state index >= 15 is 0 Å². The van der Waals surface area contributed by atoms with Gasteiger partial charge in [0.05, 0.1) is 5.69 Å². The lowest BCUT2D eigenvalue weighted by Crippen LogP contribution is -2.13. The van der Waals surface area contributed by atoms with Crippen molar-refractivity contribution in [2.24, 2.45) is 5.73 Å². The Morgan fingerprint density at radius 2 is 2.20 bits per heavy atom. The number of nitrogen functional groups attached to an aromatic ring is 1. The number of amides is 1. The molecule has 2 rings (SSSR count). The SMILES string of the molecule is NC(=O)c1c(-c2ccccn2)noc1N. The molecular formula is C9H8N4O2. The highest BCUT2D eigenvalue weighted by molar-refractivity contribution is 6.02. The lowest BCUT2D eigenvalue weighted by atomic mass is 10.1. The van der Waals surface area contributed by atoms with E-state index in [1.54, 1.807) is 24.4 Å². The monoisotopic (exact) mass is 204 g/mol. The zero-order valence-electron chi connectivity index (χ0n) is 7.68. The smallest absolute Gasteiger partial charge is 0.256 e. The number of anilines is 1. The summed E-state index contributed by atoms with van der Waals surface area (Å²) >= 11 is 0. The van der Waals surface area contributed by atoms with Gasteiger partial charge in [-0.15, -0.1) is 0 Å². The predicted octanol–water partition coefficient (Wildman–Crippen LogP) is 0.418. The van der Waals surface area contributed by atoms with Crippen LogP contribution < -0.4 is 11.5 Å². The van der Waals surface area contributed by atoms with Gasteiger partial charge in [0.15, 0.2) is 0 Å². The molecule has 0 saturated carbocycles. The molecule has 2 heterocycles. The van der Waals surface area contributed by atoms with Gasteiger partial charge in [-0.3, -0.25) is 9.78 Å². The van der Waals surface area contributed by atoms with Crippen LogP contribution in [0.25, 0.3) is 11.4 Å². The van der Waals surface area contributed by atoms with Crippen LogP contribution in [0.2, 0.25) is 0 Å². The Morgan fingerprint density at radius 1 is 1.40 bits per heavy atom. The summed E-state index contributed by atoms with van der Waals surface area (Å²) in [7, 11) is 0. The van der Waals surface area contributed by atoms with Crippen molar-refractivity contribution in [3.05, 3.63) is 30.0 Å². The molecule has 0 aromatic carbocycles. The normalized spacial score (nSPS) is 10.1. The van der Waals surface area contributed by atoms with Gasteiger partial charge < -0.3 is 16.0 Å². The van der Waals surface area contributed by atoms with Crippen molar-refractivity contribution in [3.8, 4) is 11.4 Å². The van der Waals surface area contributed by atoms with Gasteiger partial charge in [-0.2, -0.15) is 0 Å². The summed E-state index contributed by atoms with van der Waals surface area (Å²) in [6.07, 6.45) is 1.57. The van der Waals surface area contributed by atoms with Crippen LogP contribution in [0.5, 0.6) is 0 Å². The molecule has 0 aliphatic carbocycles. The van der Waals surface area contributed by atoms with Gasteiger partial charge in [0.2, 0.25) is 5.88 Å². The molecule has 0 atom stereocenters. The molecule has 4 N–H and O–H groups in total. The summed E-state index contributed by atoms with van der Waals surface area (Å²) in [5, 5.41) is 3.64. The maximum atomic E-state index is 11.1. The maximum Gasteiger partial charge on any atom is 0.256 e. The number of hydrogen-bond acceptors (Lipinski definition) is 5. The van der Waals surface area contributed by atoms with E-state index in [4.69, 9.17) is 16.0 Å². The second-order valence-corrected chi connectivity index (χ2v) is 2.85. The van der Waals surface area contributed by atoms with Crippen molar-refractivity contribution in [3.63, 3.8) is 0 Å². The zero-order valence-corrected chi connectivity index (χ0v) is 7.68. The van der Waals surface area contributed by atoms with Crippen molar-refractivity contribution >= 4 is 11.8 Å². The first-order chi connectivity index (χ1) is 7.20. The van der Waals surface area contributed by atoms with E-state index in [0.717, 1.165) is 0 Å². The summed E-state index contributed by atoms with van der Waals surface area (Å²) in [6.45, 7) is 0. The second-order valence-electron chi connectivity index (χ2n) is 2.85. The van der Waals surface area contributed by atoms with Crippen molar-refractivity contribution in [1.82, 2.24) is 10.1 Å². The number of aromatic nitrogens is 2. The van der Waals surface area contributed by atoms with E-state index < -0.39 is 5.91 Å². The molecule has 76 valence electrons. The number of hydrogen-bond donors (Lipinski definition) is 2. The van der Waals surface area contributed by atoms with Crippen molar-refractivity contribution in [2.45, 2.75) is 0 Å². The van der Waals surface area contributed by atoms with Gasteiger partial charge in [0.25, 0.3) is 5.91 Å². The van der Waals surface area contributed by atoms with Crippen LogP contribution in [0.4, 0.5) is 5.88 Å². The first kappa shape index (κ1) is 9.20. The van der Waals surface area contributed by atoms with Crippen LogP contribution in [0.15, 0.2) is 28.9 Å². The highest BCUT2D eigenvalue weighted by Crippen LogP contribution is 2.24. The summed E-state index contributed by atoms with van der Waals surface area (Å²) in [5.41, 5.74) is 11.4. The minimum Gasteiger partial charge on any atom is -0.367 e. The first-order valence-corrected chi connectivity index (χ1v) is 4.16. The van der Waals surface area contributed by atoms with E-state index in [9.17, 15) is 4.79 Å². The van der Waals surface area contributed by atoms with Crippen LogP contribution >= 0.6 is 0 Å². The quantitative estimate of drug-likeness (QED) is 0.736. The molecule has 1 amide bonds. The number of rotatable bonds is 2. The molecule has 0 unspecified atom stereocenters. The number of nitrogens with two attached hydrogens (primary N) is 2. The van der Waals surface area contributed by atoms with Crippen LogP contribution in [-0.4, -0.2) is 16.0 Å². The third-order valence-corrected chi connectivity index (χ3v) is 1.87. The molecular weight excluding hydrogens is 196 g/mol. The summed E-state index contributed by atoms with van der Waals surface area (Å²) in [4.78, 5) is 15.1. The van der Waals surface area contributed by atoms with Gasteiger partial charge in [-0.25, -0.2) is 0 Å². The van der Waals surface area contributed by atoms with E-state index in [1.165, 1.54) is 0 Å². The molecule has 0 aliphatic heterocycles. The number of carbonyl (C=O) groups excluding carboxylic acids is 1. The van der Waals surface area contributed by atoms with Crippen LogP contribution in [0.3, 0.4) is 0 Å². The predicted molar refractivity (Wildman–Crippen MR) is 52.7 cm³/mol. The van der Waals surface area contributed by atoms with E-state index in [2.05, 4.69) is 10.1 Å². The van der Waals surface area contributed by atoms with Gasteiger partial charge in [0, 0.05) is 6.20 Å². The first-order valence-electron chi connectivity index (χ1n) is 4.16. The Hall–Kier alpha value is -2.37. The van der Waals surface area contributed by atoms with Gasteiger partial charge in [0.1, 0.15) is 11.3 Å². The Labute approximate surface area is 84.9 Å². The number of nitrogens with zero attached hydrogens (tertiary/aromatic N) is 2. The Morgan fingerprint density at radius 3 is 2.80 bits per heavy atom. The number of pyridine rings is 1. The highest BCUT2D eigenvalue weighted by atomic mass is 16.5. The minimum absolute atomic E-state index is 0.0636. The average molecular weight is 204 g/mol. The average Bonchev–Trinajstić information content (AvgIpc) is 2.61. The van der Waals surface area contributed by atoms with Gasteiger partial charge in [-0.05, 0) is 12.1 Å². The van der Waals surface area contributed by atoms with E-state index in [0.29, 0.717) is 5.69 Å². The molecule has 0 radical (unpaired) electrons. The third-order valence-electron chi connectivity index (χ3n) is 1.87. The molecule has 0 saturated heterocycles. The zero-order chi connectivity index (χ0) is 10.8. The largest absolute Gasteiger partial charge is 0.367 e. The van der Waals surface area contributed by atoms with Crippen molar-refractivity contribution in [2.75, 3.05) is 5.73 Å². The van der Waals surface area contributed by atoms with Crippen LogP contribution in [0.1, 0.15) is 10.4 Å². The molecule has 2 aromatic heterocycles. The molecule has 2 aromatic rings. The molecule has 6 heteroatoms. The minimum atomic E-state index is -0.686. The second kappa shape index (κ2) is 3.41. The van der Waals surface area contributed by atoms with Crippen LogP contribution in [-0.2, 0) is 0 Å². The summed E-state index contributed by atoms with van der Waals surface area (Å²) < 4.78 is 4.70. The third kappa shape index (κ3) is 1.52. The van der Waals surface area contributed by atoms with E-state index in [-0.39, 0.29) is 17.1 Å². The standard InChI is InChI=1S/C9H8N4O2/c10-8(14)6-7(13-15-9(6)11)5-3-1-2-4-12-5/h1-4H,11H2,(H2,10,14). The van der Waals surface area contributed by atoms with E-state index in [1.807, 2.05) is 0 Å². The molecule has 6 nitrogen and oxygen atoms in total. The van der Waals surface area contributed by atoms with Crippen molar-refractivity contribution in [1.29, 1.82) is 0 Å². The Bertz CT molecular complexity index is 492. The van der Waals surface area contributed by atoms with Crippen molar-refractivity contribution < 1.29 is 9.32 Å². The fourth-order valence-corrected chi connectivity index (χ4v) is 1.22. The van der Waals surface area contributed by atoms with Gasteiger partial charge in [-0.1, -0.05) is 11.2 Å². The summed E-state index contributed by atoms with van der Waals surface area (Å²) in [5.74, 6) is -0.780. The fraction of sp³-hybridized carbons (Fsp3) is 0. The highest BCUT2D eigenvalue weighted by Gasteiger charge is 2.20. The summed E-state index contributed by atoms with van der Waals surface area (Å²) in [6, 6.07) is 5.19. The molecule has 0 spiro atoms. The fourth-order valence-electron chi connectivity index (χ4n) is 1.22. The van der Waals surface area contributed by atoms with Gasteiger partial charge >= 0.3 is 0 Å². The molecule has 0 fully saturated rings. The van der Waals surface area contributed by atoms with Crippen LogP contribution in [0, 0.1) is 0 Å². The number of primary amides is 1.